The molecule has 1 rings (SSSR count). The topological polar surface area (TPSA) is 29.5 Å². The van der Waals surface area contributed by atoms with Crippen LogP contribution in [0.2, 0.25) is 0 Å². The van der Waals surface area contributed by atoms with E-state index in [0.717, 1.165) is 18.4 Å². The van der Waals surface area contributed by atoms with Gasteiger partial charge in [-0.05, 0) is 31.9 Å². The molecule has 14 heavy (non-hydrogen) atoms. The van der Waals surface area contributed by atoms with Gasteiger partial charge in [0.1, 0.15) is 0 Å². The van der Waals surface area contributed by atoms with Crippen molar-refractivity contribution in [3.63, 3.8) is 0 Å². The van der Waals surface area contributed by atoms with E-state index in [4.69, 9.17) is 4.74 Å². The summed E-state index contributed by atoms with van der Waals surface area (Å²) in [6.07, 6.45) is 13.4. The number of ether oxygens (including phenoxy) is 1. The minimum Gasteiger partial charge on any atom is -0.481 e. The molecule has 0 radical (unpaired) electrons. The fourth-order valence-corrected chi connectivity index (χ4v) is 1.14. The van der Waals surface area contributed by atoms with Crippen LogP contribution in [0.5, 0.6) is 0 Å². The lowest BCUT2D eigenvalue weighted by atomic mass is 10.3. The Morgan fingerprint density at radius 2 is 2.14 bits per heavy atom. The van der Waals surface area contributed by atoms with E-state index in [1.165, 1.54) is 0 Å². The second-order valence-electron chi connectivity index (χ2n) is 3.04. The molecule has 1 N–H and O–H groups in total. The van der Waals surface area contributed by atoms with Gasteiger partial charge in [0.2, 0.25) is 0 Å². The van der Waals surface area contributed by atoms with Gasteiger partial charge in [-0.2, -0.15) is 0 Å². The third-order valence-electron chi connectivity index (χ3n) is 1.90. The lowest BCUT2D eigenvalue weighted by Crippen LogP contribution is -1.96. The Morgan fingerprint density at radius 1 is 1.43 bits per heavy atom. The number of aliphatic hydroxyl groups is 1. The zero-order valence-corrected chi connectivity index (χ0v) is 8.44. The van der Waals surface area contributed by atoms with Crippen molar-refractivity contribution in [3.05, 3.63) is 48.0 Å². The average Bonchev–Trinajstić information content (AvgIpc) is 2.70. The van der Waals surface area contributed by atoms with E-state index >= 15 is 0 Å². The molecule has 1 aliphatic rings. The molecule has 2 nitrogen and oxygen atoms in total. The number of rotatable bonds is 5. The fraction of sp³-hybridized carbons (Fsp3) is 0.333. The maximum Gasteiger partial charge on any atom is 0.284 e. The van der Waals surface area contributed by atoms with Crippen molar-refractivity contribution in [1.82, 2.24) is 0 Å². The highest BCUT2D eigenvalue weighted by molar-refractivity contribution is 5.40. The lowest BCUT2D eigenvalue weighted by Gasteiger charge is -2.04. The molecule has 0 aromatic rings. The predicted octanol–water partition coefficient (Wildman–Crippen LogP) is 3.25. The summed E-state index contributed by atoms with van der Waals surface area (Å²) < 4.78 is 5.17. The summed E-state index contributed by atoms with van der Waals surface area (Å²) in [6, 6.07) is 0. The standard InChI is InChI=1S/C12H16O2/c1-2-3-4-7-10-14-12(13)11-8-5-6-9-11/h2-3,5-6,8-9,13H,4,7,10H2,1H3/b3-2-. The summed E-state index contributed by atoms with van der Waals surface area (Å²) in [6.45, 7) is 2.55. The summed E-state index contributed by atoms with van der Waals surface area (Å²) in [4.78, 5) is 0. The summed E-state index contributed by atoms with van der Waals surface area (Å²) >= 11 is 0. The molecule has 0 heterocycles. The van der Waals surface area contributed by atoms with E-state index in [1.54, 1.807) is 0 Å². The molecule has 1 aliphatic carbocycles. The highest BCUT2D eigenvalue weighted by atomic mass is 16.6. The molecule has 0 bridgehead atoms. The summed E-state index contributed by atoms with van der Waals surface area (Å²) in [5.41, 5.74) is 0.746. The molecule has 0 unspecified atom stereocenters. The molecule has 76 valence electrons. The first-order chi connectivity index (χ1) is 6.84. The molecular weight excluding hydrogens is 176 g/mol. The van der Waals surface area contributed by atoms with Crippen LogP contribution in [0.3, 0.4) is 0 Å². The zero-order valence-electron chi connectivity index (χ0n) is 8.44. The fourth-order valence-electron chi connectivity index (χ4n) is 1.14. The Balaban J connectivity index is 2.21. The number of unbranched alkanes of at least 4 members (excludes halogenated alkanes) is 1. The van der Waals surface area contributed by atoms with Gasteiger partial charge < -0.3 is 9.84 Å². The van der Waals surface area contributed by atoms with E-state index in [9.17, 15) is 5.11 Å². The van der Waals surface area contributed by atoms with Crippen molar-refractivity contribution in [2.45, 2.75) is 19.8 Å². The quantitative estimate of drug-likeness (QED) is 0.411. The first-order valence-corrected chi connectivity index (χ1v) is 4.86. The van der Waals surface area contributed by atoms with Crippen LogP contribution in [0.1, 0.15) is 19.8 Å². The van der Waals surface area contributed by atoms with Crippen LogP contribution in [-0.2, 0) is 4.74 Å². The normalized spacial score (nSPS) is 14.2. The van der Waals surface area contributed by atoms with Crippen molar-refractivity contribution in [2.24, 2.45) is 0 Å². The lowest BCUT2D eigenvalue weighted by molar-refractivity contribution is 0.0901. The molecule has 0 fully saturated rings. The molecule has 0 amide bonds. The predicted molar refractivity (Wildman–Crippen MR) is 57.9 cm³/mol. The maximum absolute atomic E-state index is 9.44. The van der Waals surface area contributed by atoms with E-state index in [0.29, 0.717) is 6.61 Å². The largest absolute Gasteiger partial charge is 0.481 e. The first-order valence-electron chi connectivity index (χ1n) is 4.86. The van der Waals surface area contributed by atoms with Gasteiger partial charge in [0, 0.05) is 0 Å². The van der Waals surface area contributed by atoms with E-state index in [2.05, 4.69) is 6.08 Å². The van der Waals surface area contributed by atoms with Crippen molar-refractivity contribution >= 4 is 0 Å². The van der Waals surface area contributed by atoms with Gasteiger partial charge in [0.05, 0.1) is 12.2 Å². The SMILES string of the molecule is C/C=C\CCCOC(O)=C1C=CC=C1. The molecule has 2 heteroatoms. The van der Waals surface area contributed by atoms with Gasteiger partial charge >= 0.3 is 0 Å². The van der Waals surface area contributed by atoms with Crippen LogP contribution < -0.4 is 0 Å². The van der Waals surface area contributed by atoms with Crippen LogP contribution in [-0.4, -0.2) is 11.7 Å². The molecule has 0 saturated heterocycles. The molecule has 0 saturated carbocycles. The monoisotopic (exact) mass is 192 g/mol. The third-order valence-corrected chi connectivity index (χ3v) is 1.90. The molecule has 0 aliphatic heterocycles. The van der Waals surface area contributed by atoms with Crippen molar-refractivity contribution in [2.75, 3.05) is 6.61 Å². The van der Waals surface area contributed by atoms with Gasteiger partial charge in [0.15, 0.2) is 0 Å². The van der Waals surface area contributed by atoms with Gasteiger partial charge in [-0.15, -0.1) is 0 Å². The van der Waals surface area contributed by atoms with Gasteiger partial charge in [0.25, 0.3) is 5.95 Å². The van der Waals surface area contributed by atoms with Crippen LogP contribution in [0, 0.1) is 0 Å². The van der Waals surface area contributed by atoms with Crippen molar-refractivity contribution < 1.29 is 9.84 Å². The molecule has 0 aromatic carbocycles. The van der Waals surface area contributed by atoms with E-state index in [1.807, 2.05) is 37.3 Å². The Kier molecular flexibility index (Phi) is 4.62. The summed E-state index contributed by atoms with van der Waals surface area (Å²) in [5.74, 6) is 0.0236. The number of hydrogen-bond donors (Lipinski definition) is 1. The van der Waals surface area contributed by atoms with Crippen molar-refractivity contribution in [1.29, 1.82) is 0 Å². The summed E-state index contributed by atoms with van der Waals surface area (Å²) in [7, 11) is 0. The number of aliphatic hydroxyl groups excluding tert-OH is 1. The number of allylic oxidation sites excluding steroid dienone is 7. The first kappa shape index (κ1) is 10.6. The Bertz CT molecular complexity index is 269. The van der Waals surface area contributed by atoms with Gasteiger partial charge in [-0.3, -0.25) is 0 Å². The molecule has 0 atom stereocenters. The van der Waals surface area contributed by atoms with Gasteiger partial charge in [-0.25, -0.2) is 0 Å². The van der Waals surface area contributed by atoms with E-state index in [-0.39, 0.29) is 5.95 Å². The maximum atomic E-state index is 9.44. The van der Waals surface area contributed by atoms with Gasteiger partial charge in [-0.1, -0.05) is 24.3 Å². The zero-order chi connectivity index (χ0) is 10.2. The Morgan fingerprint density at radius 3 is 2.79 bits per heavy atom. The van der Waals surface area contributed by atoms with Crippen LogP contribution in [0.4, 0.5) is 0 Å². The second-order valence-corrected chi connectivity index (χ2v) is 3.04. The summed E-state index contributed by atoms with van der Waals surface area (Å²) in [5, 5.41) is 9.44. The van der Waals surface area contributed by atoms with Crippen LogP contribution in [0.15, 0.2) is 48.0 Å². The second kappa shape index (κ2) is 6.08. The Hall–Kier alpha value is -1.44. The average molecular weight is 192 g/mol. The highest BCUT2D eigenvalue weighted by Gasteiger charge is 2.02. The Labute approximate surface area is 84.9 Å². The minimum absolute atomic E-state index is 0.0236. The minimum atomic E-state index is 0.0236. The van der Waals surface area contributed by atoms with Crippen LogP contribution in [0.25, 0.3) is 0 Å². The smallest absolute Gasteiger partial charge is 0.284 e. The number of hydrogen-bond acceptors (Lipinski definition) is 2. The van der Waals surface area contributed by atoms with Crippen LogP contribution >= 0.6 is 0 Å². The van der Waals surface area contributed by atoms with E-state index < -0.39 is 0 Å². The molecule has 0 aromatic heterocycles. The molecular formula is C12H16O2. The third kappa shape index (κ3) is 3.52. The van der Waals surface area contributed by atoms with Crippen molar-refractivity contribution in [3.8, 4) is 0 Å². The highest BCUT2D eigenvalue weighted by Crippen LogP contribution is 2.12. The molecule has 0 spiro atoms.